The first kappa shape index (κ1) is 15.7. The molecule has 3 amide bonds. The van der Waals surface area contributed by atoms with E-state index in [2.05, 4.69) is 15.6 Å². The summed E-state index contributed by atoms with van der Waals surface area (Å²) in [6.45, 7) is 1.92. The third-order valence-electron chi connectivity index (χ3n) is 3.94. The first-order chi connectivity index (χ1) is 11.5. The number of benzene rings is 1. The molecule has 0 bridgehead atoms. The lowest BCUT2D eigenvalue weighted by atomic mass is 10.2. The van der Waals surface area contributed by atoms with Crippen LogP contribution in [0.15, 0.2) is 41.5 Å². The van der Waals surface area contributed by atoms with Gasteiger partial charge in [-0.3, -0.25) is 14.9 Å². The molecule has 1 aromatic carbocycles. The predicted molar refractivity (Wildman–Crippen MR) is 88.6 cm³/mol. The van der Waals surface area contributed by atoms with E-state index < -0.39 is 12.1 Å². The molecule has 1 aromatic heterocycles. The molecule has 0 radical (unpaired) electrons. The Balaban J connectivity index is 1.86. The number of nitrogens with one attached hydrogen (secondary N) is 2. The highest BCUT2D eigenvalue weighted by molar-refractivity contribution is 6.00. The van der Waals surface area contributed by atoms with Crippen molar-refractivity contribution in [3.05, 3.63) is 52.6 Å². The minimum Gasteiger partial charge on any atom is -0.324 e. The molecule has 1 aliphatic heterocycles. The van der Waals surface area contributed by atoms with Crippen LogP contribution in [0, 0.1) is 0 Å². The molecule has 24 heavy (non-hydrogen) atoms. The van der Waals surface area contributed by atoms with E-state index in [9.17, 15) is 14.4 Å². The van der Waals surface area contributed by atoms with Crippen molar-refractivity contribution in [3.63, 3.8) is 0 Å². The zero-order valence-corrected chi connectivity index (χ0v) is 13.3. The third-order valence-corrected chi connectivity index (χ3v) is 3.94. The summed E-state index contributed by atoms with van der Waals surface area (Å²) in [5.41, 5.74) is 1.24. The highest BCUT2D eigenvalue weighted by Gasteiger charge is 2.30. The number of aromatic nitrogens is 2. The molecule has 2 N–H and O–H groups in total. The van der Waals surface area contributed by atoms with Crippen LogP contribution in [0.4, 0.5) is 16.3 Å². The third kappa shape index (κ3) is 2.98. The van der Waals surface area contributed by atoms with Crippen LogP contribution in [0.1, 0.15) is 12.5 Å². The maximum absolute atomic E-state index is 12.6. The van der Waals surface area contributed by atoms with Crippen LogP contribution in [0.5, 0.6) is 0 Å². The zero-order valence-electron chi connectivity index (χ0n) is 13.3. The Kier molecular flexibility index (Phi) is 4.03. The lowest BCUT2D eigenvalue weighted by Gasteiger charge is -2.25. The van der Waals surface area contributed by atoms with E-state index in [1.54, 1.807) is 20.0 Å². The van der Waals surface area contributed by atoms with Crippen molar-refractivity contribution >= 4 is 23.4 Å². The fourth-order valence-corrected chi connectivity index (χ4v) is 2.44. The van der Waals surface area contributed by atoms with Gasteiger partial charge in [0.2, 0.25) is 5.91 Å². The molecule has 1 unspecified atom stereocenters. The normalized spacial score (nSPS) is 16.8. The van der Waals surface area contributed by atoms with Crippen LogP contribution in [-0.2, 0) is 18.4 Å². The largest absolute Gasteiger partial charge is 0.324 e. The van der Waals surface area contributed by atoms with Crippen molar-refractivity contribution in [2.45, 2.75) is 19.5 Å². The number of anilines is 2. The molecular weight excluding hydrogens is 310 g/mol. The first-order valence-electron chi connectivity index (χ1n) is 7.45. The van der Waals surface area contributed by atoms with E-state index in [1.165, 1.54) is 21.9 Å². The Morgan fingerprint density at radius 2 is 2.08 bits per heavy atom. The van der Waals surface area contributed by atoms with Gasteiger partial charge in [0.1, 0.15) is 11.9 Å². The number of para-hydroxylation sites is 1. The van der Waals surface area contributed by atoms with Crippen LogP contribution in [-0.4, -0.2) is 32.4 Å². The van der Waals surface area contributed by atoms with Gasteiger partial charge in [-0.1, -0.05) is 18.2 Å². The number of aryl methyl sites for hydroxylation is 1. The van der Waals surface area contributed by atoms with Crippen molar-refractivity contribution in [2.75, 3.05) is 10.6 Å². The number of rotatable bonds is 1. The van der Waals surface area contributed by atoms with Gasteiger partial charge in [0.15, 0.2) is 0 Å². The quantitative estimate of drug-likeness (QED) is 0.821. The first-order valence-corrected chi connectivity index (χ1v) is 7.45. The van der Waals surface area contributed by atoms with Gasteiger partial charge in [-0.25, -0.2) is 9.78 Å². The molecule has 0 fully saturated rings. The summed E-state index contributed by atoms with van der Waals surface area (Å²) in [5.74, 6) is -0.125. The fourth-order valence-electron chi connectivity index (χ4n) is 2.44. The number of amides is 3. The average Bonchev–Trinajstić information content (AvgIpc) is 2.68. The highest BCUT2D eigenvalue weighted by Crippen LogP contribution is 2.23. The molecule has 0 spiro atoms. The van der Waals surface area contributed by atoms with E-state index in [-0.39, 0.29) is 23.8 Å². The van der Waals surface area contributed by atoms with Crippen LogP contribution in [0.3, 0.4) is 0 Å². The molecule has 1 atom stereocenters. The Morgan fingerprint density at radius 3 is 2.83 bits per heavy atom. The van der Waals surface area contributed by atoms with Crippen LogP contribution >= 0.6 is 0 Å². The molecular formula is C16H17N5O3. The van der Waals surface area contributed by atoms with Crippen molar-refractivity contribution in [1.29, 1.82) is 0 Å². The number of carbonyl (C=O) groups excluding carboxylic acids is 2. The van der Waals surface area contributed by atoms with Crippen LogP contribution < -0.4 is 16.2 Å². The van der Waals surface area contributed by atoms with Crippen molar-refractivity contribution in [2.24, 2.45) is 7.05 Å². The lowest BCUT2D eigenvalue weighted by molar-refractivity contribution is -0.119. The predicted octanol–water partition coefficient (Wildman–Crippen LogP) is 1.16. The van der Waals surface area contributed by atoms with E-state index in [0.29, 0.717) is 5.69 Å². The van der Waals surface area contributed by atoms with Gasteiger partial charge in [-0.2, -0.15) is 0 Å². The van der Waals surface area contributed by atoms with Gasteiger partial charge in [0.05, 0.1) is 12.9 Å². The van der Waals surface area contributed by atoms with Gasteiger partial charge in [-0.05, 0) is 18.6 Å². The summed E-state index contributed by atoms with van der Waals surface area (Å²) in [6, 6.07) is 7.39. The SMILES string of the molecule is CC1C(=O)Nc2ccccc2CN1C(=O)Nc1cc(=O)n(C)cn1. The number of fused-ring (bicyclic) bond motifs is 1. The lowest BCUT2D eigenvalue weighted by Crippen LogP contribution is -2.45. The second-order valence-electron chi connectivity index (χ2n) is 5.60. The Labute approximate surface area is 138 Å². The molecule has 0 aliphatic carbocycles. The molecule has 8 nitrogen and oxygen atoms in total. The Morgan fingerprint density at radius 1 is 1.33 bits per heavy atom. The summed E-state index contributed by atoms with van der Waals surface area (Å²) in [5, 5.41) is 5.38. The van der Waals surface area contributed by atoms with Gasteiger partial charge >= 0.3 is 6.03 Å². The Bertz CT molecular complexity index is 861. The molecule has 0 saturated heterocycles. The molecule has 124 valence electrons. The zero-order chi connectivity index (χ0) is 17.3. The maximum atomic E-state index is 12.6. The van der Waals surface area contributed by atoms with Crippen LogP contribution in [0.2, 0.25) is 0 Å². The van der Waals surface area contributed by atoms with Crippen molar-refractivity contribution in [1.82, 2.24) is 14.5 Å². The van der Waals surface area contributed by atoms with E-state index in [4.69, 9.17) is 0 Å². The molecule has 1 aliphatic rings. The number of hydrogen-bond acceptors (Lipinski definition) is 4. The van der Waals surface area contributed by atoms with Crippen molar-refractivity contribution < 1.29 is 9.59 Å². The maximum Gasteiger partial charge on any atom is 0.323 e. The number of nitrogens with zero attached hydrogens (tertiary/aromatic N) is 3. The van der Waals surface area contributed by atoms with E-state index in [0.717, 1.165) is 5.56 Å². The minimum atomic E-state index is -0.663. The summed E-state index contributed by atoms with van der Waals surface area (Å²) in [4.78, 5) is 41.8. The van der Waals surface area contributed by atoms with E-state index in [1.807, 2.05) is 18.2 Å². The number of carbonyl (C=O) groups is 2. The molecule has 8 heteroatoms. The second-order valence-corrected chi connectivity index (χ2v) is 5.60. The molecule has 0 saturated carbocycles. The number of urea groups is 1. The monoisotopic (exact) mass is 327 g/mol. The standard InChI is InChI=1S/C16H17N5O3/c1-10-15(23)18-12-6-4-3-5-11(12)8-21(10)16(24)19-13-7-14(22)20(2)9-17-13/h3-7,9-10H,8H2,1-2H3,(H,18,23)(H,19,24). The second kappa shape index (κ2) is 6.15. The topological polar surface area (TPSA) is 96.3 Å². The van der Waals surface area contributed by atoms with Crippen molar-refractivity contribution in [3.8, 4) is 0 Å². The molecule has 3 rings (SSSR count). The minimum absolute atomic E-state index is 0.147. The summed E-state index contributed by atoms with van der Waals surface area (Å²) < 4.78 is 1.30. The fraction of sp³-hybridized carbons (Fsp3) is 0.250. The number of hydrogen-bond donors (Lipinski definition) is 2. The van der Waals surface area contributed by atoms with Crippen LogP contribution in [0.25, 0.3) is 0 Å². The summed E-state index contributed by atoms with van der Waals surface area (Å²) in [6.07, 6.45) is 1.33. The molecule has 2 aromatic rings. The average molecular weight is 327 g/mol. The van der Waals surface area contributed by atoms with Gasteiger partial charge in [0.25, 0.3) is 5.56 Å². The van der Waals surface area contributed by atoms with Gasteiger partial charge < -0.3 is 14.8 Å². The Hall–Kier alpha value is -3.16. The smallest absolute Gasteiger partial charge is 0.323 e. The van der Waals surface area contributed by atoms with E-state index >= 15 is 0 Å². The van der Waals surface area contributed by atoms with Gasteiger partial charge in [0, 0.05) is 18.8 Å². The molecule has 2 heterocycles. The summed E-state index contributed by atoms with van der Waals surface area (Å²) >= 11 is 0. The van der Waals surface area contributed by atoms with Gasteiger partial charge in [-0.15, -0.1) is 0 Å². The summed E-state index contributed by atoms with van der Waals surface area (Å²) in [7, 11) is 1.57. The highest BCUT2D eigenvalue weighted by atomic mass is 16.2.